The van der Waals surface area contributed by atoms with Crippen LogP contribution in [0.3, 0.4) is 0 Å². The van der Waals surface area contributed by atoms with E-state index in [9.17, 15) is 18.8 Å². The van der Waals surface area contributed by atoms with Gasteiger partial charge in [0.2, 0.25) is 11.8 Å². The molecule has 0 spiro atoms. The minimum Gasteiger partial charge on any atom is -0.379 e. The first kappa shape index (κ1) is 23.8. The molecule has 34 heavy (non-hydrogen) atoms. The van der Waals surface area contributed by atoms with Gasteiger partial charge in [0.25, 0.3) is 5.91 Å². The van der Waals surface area contributed by atoms with Gasteiger partial charge in [-0.1, -0.05) is 12.1 Å². The maximum absolute atomic E-state index is 13.2. The van der Waals surface area contributed by atoms with Crippen LogP contribution in [0.1, 0.15) is 23.2 Å². The van der Waals surface area contributed by atoms with Crippen molar-refractivity contribution >= 4 is 29.1 Å². The second-order valence-electron chi connectivity index (χ2n) is 8.48. The maximum Gasteiger partial charge on any atom is 0.253 e. The molecule has 2 heterocycles. The van der Waals surface area contributed by atoms with E-state index in [4.69, 9.17) is 4.74 Å². The fraction of sp³-hybridized carbons (Fsp3) is 0.400. The van der Waals surface area contributed by atoms with Gasteiger partial charge < -0.3 is 20.3 Å². The molecular weight excluding hydrogens is 439 g/mol. The van der Waals surface area contributed by atoms with Crippen LogP contribution in [0.4, 0.5) is 15.8 Å². The van der Waals surface area contributed by atoms with E-state index in [1.807, 2.05) is 0 Å². The number of anilines is 2. The smallest absolute Gasteiger partial charge is 0.253 e. The van der Waals surface area contributed by atoms with Gasteiger partial charge in [0, 0.05) is 38.3 Å². The number of nitrogens with zero attached hydrogens (tertiary/aromatic N) is 2. The van der Waals surface area contributed by atoms with Crippen molar-refractivity contribution in [3.05, 3.63) is 59.9 Å². The van der Waals surface area contributed by atoms with Gasteiger partial charge in [0.15, 0.2) is 0 Å². The number of carbonyl (C=O) groups excluding carboxylic acids is 3. The molecule has 0 saturated carbocycles. The minimum atomic E-state index is -0.567. The van der Waals surface area contributed by atoms with Gasteiger partial charge in [-0.2, -0.15) is 0 Å². The van der Waals surface area contributed by atoms with Crippen molar-refractivity contribution in [3.8, 4) is 0 Å². The fourth-order valence-corrected chi connectivity index (χ4v) is 4.20. The maximum atomic E-state index is 13.2. The molecule has 2 aliphatic heterocycles. The topological polar surface area (TPSA) is 91.0 Å². The van der Waals surface area contributed by atoms with E-state index in [1.165, 1.54) is 29.2 Å². The standard InChI is InChI=1S/C25H29FN4O4/c26-19-6-8-20(9-7-19)30-17-18(16-23(30)31)24(32)28-22-5-2-1-4-21(22)25(33)27-10-3-11-29-12-14-34-15-13-29/h1-2,4-9,18H,3,10-17H2,(H,27,33)(H,28,32)/t18-/m0/s1. The molecule has 0 aromatic heterocycles. The first-order valence-corrected chi connectivity index (χ1v) is 11.6. The molecule has 4 rings (SSSR count). The van der Waals surface area contributed by atoms with Crippen molar-refractivity contribution in [1.29, 1.82) is 0 Å². The lowest BCUT2D eigenvalue weighted by Crippen LogP contribution is -2.38. The van der Waals surface area contributed by atoms with E-state index in [-0.39, 0.29) is 36.5 Å². The van der Waals surface area contributed by atoms with Gasteiger partial charge in [-0.3, -0.25) is 19.3 Å². The Morgan fingerprint density at radius 2 is 1.79 bits per heavy atom. The molecule has 1 atom stereocenters. The number of hydrogen-bond acceptors (Lipinski definition) is 5. The fourth-order valence-electron chi connectivity index (χ4n) is 4.20. The number of benzene rings is 2. The first-order chi connectivity index (χ1) is 16.5. The number of amides is 3. The van der Waals surface area contributed by atoms with Crippen LogP contribution in [0.25, 0.3) is 0 Å². The minimum absolute atomic E-state index is 0.0547. The van der Waals surface area contributed by atoms with Crippen LogP contribution < -0.4 is 15.5 Å². The summed E-state index contributed by atoms with van der Waals surface area (Å²) in [6, 6.07) is 12.4. The Kier molecular flexibility index (Phi) is 7.87. The molecular formula is C25H29FN4O4. The van der Waals surface area contributed by atoms with Crippen LogP contribution in [0, 0.1) is 11.7 Å². The van der Waals surface area contributed by atoms with Gasteiger partial charge in [0.1, 0.15) is 5.82 Å². The highest BCUT2D eigenvalue weighted by Gasteiger charge is 2.35. The molecule has 0 bridgehead atoms. The Morgan fingerprint density at radius 1 is 1.06 bits per heavy atom. The summed E-state index contributed by atoms with van der Waals surface area (Å²) in [5.41, 5.74) is 1.34. The molecule has 0 radical (unpaired) electrons. The third-order valence-corrected chi connectivity index (χ3v) is 6.10. The van der Waals surface area contributed by atoms with E-state index in [0.717, 1.165) is 39.3 Å². The predicted octanol–water partition coefficient (Wildman–Crippen LogP) is 2.27. The molecule has 180 valence electrons. The molecule has 8 nitrogen and oxygen atoms in total. The lowest BCUT2D eigenvalue weighted by atomic mass is 10.1. The van der Waals surface area contributed by atoms with Gasteiger partial charge in [-0.25, -0.2) is 4.39 Å². The third kappa shape index (κ3) is 5.98. The number of morpholine rings is 1. The highest BCUT2D eigenvalue weighted by Crippen LogP contribution is 2.27. The monoisotopic (exact) mass is 468 g/mol. The van der Waals surface area contributed by atoms with Crippen molar-refractivity contribution in [1.82, 2.24) is 10.2 Å². The summed E-state index contributed by atoms with van der Waals surface area (Å²) >= 11 is 0. The van der Waals surface area contributed by atoms with Crippen molar-refractivity contribution < 1.29 is 23.5 Å². The number of hydrogen-bond donors (Lipinski definition) is 2. The van der Waals surface area contributed by atoms with Crippen LogP contribution in [0.5, 0.6) is 0 Å². The lowest BCUT2D eigenvalue weighted by molar-refractivity contribution is -0.122. The normalized spacial score (nSPS) is 18.7. The highest BCUT2D eigenvalue weighted by molar-refractivity contribution is 6.07. The van der Waals surface area contributed by atoms with Gasteiger partial charge in [-0.15, -0.1) is 0 Å². The second kappa shape index (κ2) is 11.2. The summed E-state index contributed by atoms with van der Waals surface area (Å²) in [6.07, 6.45) is 0.878. The molecule has 9 heteroatoms. The molecule has 2 N–H and O–H groups in total. The van der Waals surface area contributed by atoms with Crippen molar-refractivity contribution in [2.24, 2.45) is 5.92 Å². The molecule has 2 aliphatic rings. The largest absolute Gasteiger partial charge is 0.379 e. The second-order valence-corrected chi connectivity index (χ2v) is 8.48. The zero-order chi connectivity index (χ0) is 23.9. The molecule has 2 saturated heterocycles. The van der Waals surface area contributed by atoms with E-state index in [0.29, 0.717) is 23.5 Å². The Bertz CT molecular complexity index is 1020. The van der Waals surface area contributed by atoms with E-state index in [2.05, 4.69) is 15.5 Å². The zero-order valence-electron chi connectivity index (χ0n) is 19.0. The number of carbonyl (C=O) groups is 3. The summed E-state index contributed by atoms with van der Waals surface area (Å²) < 4.78 is 18.5. The average molecular weight is 469 g/mol. The van der Waals surface area contributed by atoms with Crippen LogP contribution in [-0.2, 0) is 14.3 Å². The average Bonchev–Trinajstić information content (AvgIpc) is 3.25. The van der Waals surface area contributed by atoms with Crippen LogP contribution >= 0.6 is 0 Å². The third-order valence-electron chi connectivity index (χ3n) is 6.10. The summed E-state index contributed by atoms with van der Waals surface area (Å²) in [5, 5.41) is 5.74. The lowest BCUT2D eigenvalue weighted by Gasteiger charge is -2.26. The summed E-state index contributed by atoms with van der Waals surface area (Å²) in [7, 11) is 0. The van der Waals surface area contributed by atoms with Crippen molar-refractivity contribution in [2.45, 2.75) is 12.8 Å². The SMILES string of the molecule is O=C(NCCCN1CCOCC1)c1ccccc1NC(=O)[C@H]1CC(=O)N(c2ccc(F)cc2)C1. The summed E-state index contributed by atoms with van der Waals surface area (Å²) in [5.74, 6) is -1.74. The molecule has 2 fully saturated rings. The molecule has 0 aliphatic carbocycles. The Labute approximate surface area is 198 Å². The van der Waals surface area contributed by atoms with E-state index < -0.39 is 5.92 Å². The quantitative estimate of drug-likeness (QED) is 0.580. The van der Waals surface area contributed by atoms with E-state index in [1.54, 1.807) is 24.3 Å². The predicted molar refractivity (Wildman–Crippen MR) is 126 cm³/mol. The molecule has 3 amide bonds. The number of para-hydroxylation sites is 1. The summed E-state index contributed by atoms with van der Waals surface area (Å²) in [6.45, 7) is 4.92. The summed E-state index contributed by atoms with van der Waals surface area (Å²) in [4.78, 5) is 41.9. The highest BCUT2D eigenvalue weighted by atomic mass is 19.1. The number of nitrogens with one attached hydrogen (secondary N) is 2. The zero-order valence-corrected chi connectivity index (χ0v) is 19.0. The Morgan fingerprint density at radius 3 is 2.56 bits per heavy atom. The molecule has 2 aromatic carbocycles. The van der Waals surface area contributed by atoms with Gasteiger partial charge in [0.05, 0.1) is 30.4 Å². The van der Waals surface area contributed by atoms with E-state index >= 15 is 0 Å². The Balaban J connectivity index is 1.31. The molecule has 2 aromatic rings. The first-order valence-electron chi connectivity index (χ1n) is 11.6. The van der Waals surface area contributed by atoms with Crippen molar-refractivity contribution in [3.63, 3.8) is 0 Å². The number of halogens is 1. The number of rotatable bonds is 8. The molecule has 0 unspecified atom stereocenters. The van der Waals surface area contributed by atoms with Gasteiger partial charge in [-0.05, 0) is 49.4 Å². The van der Waals surface area contributed by atoms with Crippen LogP contribution in [0.15, 0.2) is 48.5 Å². The van der Waals surface area contributed by atoms with Gasteiger partial charge >= 0.3 is 0 Å². The van der Waals surface area contributed by atoms with Crippen molar-refractivity contribution in [2.75, 3.05) is 56.2 Å². The van der Waals surface area contributed by atoms with Crippen LogP contribution in [0.2, 0.25) is 0 Å². The van der Waals surface area contributed by atoms with Crippen LogP contribution in [-0.4, -0.2) is 68.6 Å². The Hall–Kier alpha value is -3.30. The number of ether oxygens (including phenoxy) is 1.